The van der Waals surface area contributed by atoms with E-state index >= 15 is 0 Å². The lowest BCUT2D eigenvalue weighted by molar-refractivity contribution is -0.274. The minimum Gasteiger partial charge on any atom is -0.489 e. The third-order valence-corrected chi connectivity index (χ3v) is 4.56. The zero-order valence-electron chi connectivity index (χ0n) is 17.5. The number of carboxylic acids is 1. The van der Waals surface area contributed by atoms with Crippen LogP contribution in [0.5, 0.6) is 11.5 Å². The second-order valence-electron chi connectivity index (χ2n) is 6.99. The maximum atomic E-state index is 12.4. The summed E-state index contributed by atoms with van der Waals surface area (Å²) in [4.78, 5) is 14.8. The fourth-order valence-corrected chi connectivity index (χ4v) is 3.07. The highest BCUT2D eigenvalue weighted by atomic mass is 19.4. The summed E-state index contributed by atoms with van der Waals surface area (Å²) in [6.07, 6.45) is 0.682. The Kier molecular flexibility index (Phi) is 7.81. The van der Waals surface area contributed by atoms with Gasteiger partial charge in [-0.15, -0.1) is 13.2 Å². The van der Waals surface area contributed by atoms with Crippen LogP contribution in [0.2, 0.25) is 0 Å². The topological polar surface area (TPSA) is 73.6 Å². The average molecular weight is 456 g/mol. The number of aliphatic carboxylic acids is 1. The predicted octanol–water partition coefficient (Wildman–Crippen LogP) is 4.09. The third-order valence-electron chi connectivity index (χ3n) is 4.56. The molecule has 1 aromatic heterocycles. The number of carboxylic acid groups (broad SMARTS) is 1. The first-order chi connectivity index (χ1) is 15.7. The average Bonchev–Trinajstić information content (AvgIpc) is 3.11. The van der Waals surface area contributed by atoms with Crippen LogP contribution in [0.4, 0.5) is 13.2 Å². The van der Waals surface area contributed by atoms with Crippen molar-refractivity contribution in [1.82, 2.24) is 9.55 Å². The Balaban J connectivity index is 1.74. The highest BCUT2D eigenvalue weighted by molar-refractivity contribution is 6.31. The van der Waals surface area contributed by atoms with Gasteiger partial charge in [-0.1, -0.05) is 30.4 Å². The van der Waals surface area contributed by atoms with Crippen LogP contribution >= 0.6 is 0 Å². The monoisotopic (exact) mass is 456 g/mol. The number of rotatable bonds is 10. The van der Waals surface area contributed by atoms with Gasteiger partial charge in [0.15, 0.2) is 0 Å². The van der Waals surface area contributed by atoms with Crippen molar-refractivity contribution in [3.05, 3.63) is 72.4 Å². The zero-order valence-corrected chi connectivity index (χ0v) is 17.5. The van der Waals surface area contributed by atoms with E-state index in [1.54, 1.807) is 22.8 Å². The number of nitrogens with zero attached hydrogens (tertiary/aromatic N) is 2. The number of carbonyl (C=O) groups is 1. The largest absolute Gasteiger partial charge is 0.573 e. The summed E-state index contributed by atoms with van der Waals surface area (Å²) in [5.41, 5.74) is 1.77. The molecule has 170 valence electrons. The van der Waals surface area contributed by atoms with Gasteiger partial charge in [-0.3, -0.25) is 4.79 Å². The molecule has 33 heavy (non-hydrogen) atoms. The Hall–Kier alpha value is -3.69. The quantitative estimate of drug-likeness (QED) is 0.368. The Bertz CT molecular complexity index is 1110. The Labute approximate surface area is 189 Å². The SMILES string of the molecule is [B]c1cnc(-c2ccc(OC(F)(F)F)cc2)n1Cc1ccccc1OC/C=C/CCC(=O)O. The van der Waals surface area contributed by atoms with E-state index in [2.05, 4.69) is 9.72 Å². The molecule has 0 fully saturated rings. The molecule has 1 N–H and O–H groups in total. The van der Waals surface area contributed by atoms with E-state index in [0.717, 1.165) is 5.56 Å². The van der Waals surface area contributed by atoms with Crippen molar-refractivity contribution in [1.29, 1.82) is 0 Å². The summed E-state index contributed by atoms with van der Waals surface area (Å²) in [5, 5.41) is 8.66. The number of alkyl halides is 3. The fourth-order valence-electron chi connectivity index (χ4n) is 3.07. The van der Waals surface area contributed by atoms with Crippen molar-refractivity contribution in [2.75, 3.05) is 6.61 Å². The van der Waals surface area contributed by atoms with E-state index < -0.39 is 12.3 Å². The molecule has 6 nitrogen and oxygen atoms in total. The molecule has 2 radical (unpaired) electrons. The number of hydrogen-bond donors (Lipinski definition) is 1. The van der Waals surface area contributed by atoms with E-state index in [9.17, 15) is 18.0 Å². The van der Waals surface area contributed by atoms with Crippen LogP contribution in [0.1, 0.15) is 18.4 Å². The second-order valence-corrected chi connectivity index (χ2v) is 6.99. The fraction of sp³-hybridized carbons (Fsp3) is 0.217. The summed E-state index contributed by atoms with van der Waals surface area (Å²) < 4.78 is 48.6. The Morgan fingerprint density at radius 2 is 1.85 bits per heavy atom. The zero-order chi connectivity index (χ0) is 23.8. The van der Waals surface area contributed by atoms with Crippen LogP contribution in [-0.4, -0.2) is 41.4 Å². The number of benzene rings is 2. The Morgan fingerprint density at radius 3 is 2.55 bits per heavy atom. The number of halogens is 3. The summed E-state index contributed by atoms with van der Waals surface area (Å²) in [6, 6.07) is 12.7. The van der Waals surface area contributed by atoms with E-state index in [-0.39, 0.29) is 18.8 Å². The van der Waals surface area contributed by atoms with E-state index in [0.29, 0.717) is 35.7 Å². The molecule has 10 heteroatoms. The molecule has 3 rings (SSSR count). The number of ether oxygens (including phenoxy) is 2. The van der Waals surface area contributed by atoms with Crippen molar-refractivity contribution in [2.24, 2.45) is 0 Å². The van der Waals surface area contributed by atoms with Crippen LogP contribution < -0.4 is 15.1 Å². The molecule has 0 aliphatic carbocycles. The van der Waals surface area contributed by atoms with Crippen molar-refractivity contribution in [2.45, 2.75) is 25.7 Å². The van der Waals surface area contributed by atoms with E-state index in [1.165, 1.54) is 30.5 Å². The van der Waals surface area contributed by atoms with Gasteiger partial charge in [0.2, 0.25) is 0 Å². The van der Waals surface area contributed by atoms with Gasteiger partial charge in [0.1, 0.15) is 31.8 Å². The first-order valence-electron chi connectivity index (χ1n) is 9.97. The summed E-state index contributed by atoms with van der Waals surface area (Å²) in [6.45, 7) is 0.588. The molecule has 0 aliphatic heterocycles. The third kappa shape index (κ3) is 7.16. The maximum absolute atomic E-state index is 12.4. The van der Waals surface area contributed by atoms with E-state index in [1.807, 2.05) is 18.2 Å². The molecule has 0 aliphatic rings. The van der Waals surface area contributed by atoms with Crippen molar-refractivity contribution >= 4 is 19.4 Å². The second kappa shape index (κ2) is 10.8. The van der Waals surface area contributed by atoms with Crippen LogP contribution in [0.15, 0.2) is 66.9 Å². The lowest BCUT2D eigenvalue weighted by Gasteiger charge is -2.15. The summed E-state index contributed by atoms with van der Waals surface area (Å²) in [7, 11) is 6.10. The molecule has 0 unspecified atom stereocenters. The number of aromatic nitrogens is 2. The van der Waals surface area contributed by atoms with Crippen molar-refractivity contribution in [3.63, 3.8) is 0 Å². The highest BCUT2D eigenvalue weighted by Gasteiger charge is 2.31. The minimum atomic E-state index is -4.76. The van der Waals surface area contributed by atoms with Crippen LogP contribution in [0.25, 0.3) is 11.4 Å². The summed E-state index contributed by atoms with van der Waals surface area (Å²) >= 11 is 0. The number of para-hydroxylation sites is 1. The number of imidazole rings is 1. The molecular weight excluding hydrogens is 436 g/mol. The van der Waals surface area contributed by atoms with Crippen molar-refractivity contribution < 1.29 is 32.5 Å². The van der Waals surface area contributed by atoms with Crippen LogP contribution in [-0.2, 0) is 11.3 Å². The molecule has 0 bridgehead atoms. The van der Waals surface area contributed by atoms with Gasteiger partial charge in [0.25, 0.3) is 0 Å². The molecule has 0 atom stereocenters. The smallest absolute Gasteiger partial charge is 0.489 e. The number of hydrogen-bond acceptors (Lipinski definition) is 4. The first kappa shape index (κ1) is 24.0. The first-order valence-corrected chi connectivity index (χ1v) is 9.97. The van der Waals surface area contributed by atoms with Gasteiger partial charge in [0, 0.05) is 23.7 Å². The molecule has 0 spiro atoms. The molecule has 0 saturated carbocycles. The maximum Gasteiger partial charge on any atom is 0.573 e. The van der Waals surface area contributed by atoms with Crippen LogP contribution in [0.3, 0.4) is 0 Å². The molecule has 0 saturated heterocycles. The highest BCUT2D eigenvalue weighted by Crippen LogP contribution is 2.27. The van der Waals surface area contributed by atoms with E-state index in [4.69, 9.17) is 17.7 Å². The minimum absolute atomic E-state index is 0.0546. The predicted molar refractivity (Wildman–Crippen MR) is 117 cm³/mol. The molecule has 3 aromatic rings. The molecule has 2 aromatic carbocycles. The van der Waals surface area contributed by atoms with Crippen molar-refractivity contribution in [3.8, 4) is 22.9 Å². The van der Waals surface area contributed by atoms with Crippen LogP contribution in [0, 0.1) is 0 Å². The van der Waals surface area contributed by atoms with Gasteiger partial charge in [0.05, 0.1) is 6.54 Å². The van der Waals surface area contributed by atoms with Gasteiger partial charge in [-0.25, -0.2) is 4.98 Å². The number of allylic oxidation sites excluding steroid dienone is 1. The molecule has 0 amide bonds. The molecule has 1 heterocycles. The lowest BCUT2D eigenvalue weighted by atomic mass is 10.1. The van der Waals surface area contributed by atoms with Gasteiger partial charge in [-0.2, -0.15) is 0 Å². The summed E-state index contributed by atoms with van der Waals surface area (Å²) in [5.74, 6) is -0.0857. The van der Waals surface area contributed by atoms with Gasteiger partial charge < -0.3 is 19.1 Å². The standard InChI is InChI=1S/C23H20BF3N2O4/c24-20-14-28-22(16-9-11-18(12-10-16)33-23(25,26)27)29(20)15-17-6-3-4-7-19(17)32-13-5-1-2-8-21(30)31/h1,3-7,9-12,14H,2,8,13,15H2,(H,30,31)/b5-1+. The van der Waals surface area contributed by atoms with Gasteiger partial charge >= 0.3 is 12.3 Å². The van der Waals surface area contributed by atoms with Gasteiger partial charge in [-0.05, 0) is 42.3 Å². The molecular formula is C23H20BF3N2O4. The Morgan fingerprint density at radius 1 is 1.12 bits per heavy atom. The normalized spacial score (nSPS) is 11.6. The lowest BCUT2D eigenvalue weighted by Crippen LogP contribution is -2.19.